The molecule has 20 heavy (non-hydrogen) atoms. The van der Waals surface area contributed by atoms with Crippen molar-refractivity contribution in [3.8, 4) is 0 Å². The van der Waals surface area contributed by atoms with E-state index in [4.69, 9.17) is 5.84 Å². The van der Waals surface area contributed by atoms with Crippen LogP contribution in [0.5, 0.6) is 0 Å². The minimum absolute atomic E-state index is 0.298. The lowest BCUT2D eigenvalue weighted by molar-refractivity contribution is 0.0981. The van der Waals surface area contributed by atoms with E-state index in [0.29, 0.717) is 11.5 Å². The lowest BCUT2D eigenvalue weighted by Gasteiger charge is -2.15. The van der Waals surface area contributed by atoms with Gasteiger partial charge in [-0.3, -0.25) is 9.78 Å². The highest BCUT2D eigenvalue weighted by atomic mass is 16.2. The molecule has 0 atom stereocenters. The number of amides is 1. The van der Waals surface area contributed by atoms with Crippen LogP contribution in [0.15, 0.2) is 42.7 Å². The van der Waals surface area contributed by atoms with Gasteiger partial charge < -0.3 is 0 Å². The molecule has 2 heterocycles. The normalized spacial score (nSPS) is 10.3. The molecule has 2 rings (SSSR count). The zero-order valence-electron chi connectivity index (χ0n) is 11.5. The Morgan fingerprint density at radius 2 is 2.10 bits per heavy atom. The first kappa shape index (κ1) is 14.1. The molecule has 2 aromatic heterocycles. The lowest BCUT2D eigenvalue weighted by Crippen LogP contribution is -2.38. The summed E-state index contributed by atoms with van der Waals surface area (Å²) in [6.07, 6.45) is 6.57. The highest BCUT2D eigenvalue weighted by Gasteiger charge is 2.16. The summed E-state index contributed by atoms with van der Waals surface area (Å²) in [7, 11) is 0. The van der Waals surface area contributed by atoms with Gasteiger partial charge in [-0.05, 0) is 36.6 Å². The predicted octanol–water partition coefficient (Wildman–Crippen LogP) is 2.34. The van der Waals surface area contributed by atoms with Gasteiger partial charge in [0, 0.05) is 12.4 Å². The number of anilines is 1. The van der Waals surface area contributed by atoms with E-state index >= 15 is 0 Å². The first-order valence-electron chi connectivity index (χ1n) is 6.67. The number of nitrogens with zero attached hydrogens (tertiary/aromatic N) is 3. The Hall–Kier alpha value is -2.27. The monoisotopic (exact) mass is 270 g/mol. The second-order valence-electron chi connectivity index (χ2n) is 4.52. The van der Waals surface area contributed by atoms with E-state index in [1.54, 1.807) is 36.7 Å². The summed E-state index contributed by atoms with van der Waals surface area (Å²) in [6, 6.07) is 8.82. The van der Waals surface area contributed by atoms with Crippen LogP contribution in [0.4, 0.5) is 5.82 Å². The third-order valence-corrected chi connectivity index (χ3v) is 2.98. The molecule has 104 valence electrons. The van der Waals surface area contributed by atoms with Crippen LogP contribution in [0.3, 0.4) is 0 Å². The molecular formula is C15H18N4O. The molecule has 0 aliphatic carbocycles. The molecule has 0 radical (unpaired) electrons. The number of aryl methyl sites for hydroxylation is 1. The molecular weight excluding hydrogens is 252 g/mol. The molecule has 5 heteroatoms. The fraction of sp³-hybridized carbons (Fsp3) is 0.267. The molecule has 0 saturated heterocycles. The molecule has 0 spiro atoms. The standard InChI is InChI=1S/C15H18N4O/c1-2-3-6-12-8-9-14(18-11-12)19(16)15(20)13-7-4-5-10-17-13/h4-5,7-11H,2-3,6,16H2,1H3. The number of pyridine rings is 2. The molecule has 0 fully saturated rings. The zero-order chi connectivity index (χ0) is 14.4. The number of unbranched alkanes of at least 4 members (excludes halogenated alkanes) is 1. The first-order valence-corrected chi connectivity index (χ1v) is 6.67. The van der Waals surface area contributed by atoms with Crippen LogP contribution in [0.2, 0.25) is 0 Å². The Morgan fingerprint density at radius 3 is 2.70 bits per heavy atom. The van der Waals surface area contributed by atoms with E-state index < -0.39 is 0 Å². The van der Waals surface area contributed by atoms with Crippen molar-refractivity contribution in [2.45, 2.75) is 26.2 Å². The van der Waals surface area contributed by atoms with Gasteiger partial charge in [0.25, 0.3) is 5.91 Å². The average molecular weight is 270 g/mol. The molecule has 1 amide bonds. The van der Waals surface area contributed by atoms with E-state index in [1.807, 2.05) is 6.07 Å². The molecule has 0 aliphatic heterocycles. The summed E-state index contributed by atoms with van der Waals surface area (Å²) in [6.45, 7) is 2.15. The average Bonchev–Trinajstić information content (AvgIpc) is 2.53. The van der Waals surface area contributed by atoms with E-state index in [1.165, 1.54) is 0 Å². The lowest BCUT2D eigenvalue weighted by atomic mass is 10.1. The van der Waals surface area contributed by atoms with Gasteiger partial charge in [0.1, 0.15) is 11.5 Å². The maximum absolute atomic E-state index is 12.1. The van der Waals surface area contributed by atoms with Crippen LogP contribution in [-0.2, 0) is 6.42 Å². The number of rotatable bonds is 5. The number of carbonyl (C=O) groups is 1. The second kappa shape index (κ2) is 6.77. The molecule has 0 bridgehead atoms. The van der Waals surface area contributed by atoms with Crippen LogP contribution in [-0.4, -0.2) is 15.9 Å². The van der Waals surface area contributed by atoms with Crippen molar-refractivity contribution in [3.63, 3.8) is 0 Å². The SMILES string of the molecule is CCCCc1ccc(N(N)C(=O)c2ccccn2)nc1. The summed E-state index contributed by atoms with van der Waals surface area (Å²) in [5, 5.41) is 1.02. The number of hydrazine groups is 1. The summed E-state index contributed by atoms with van der Waals surface area (Å²) in [5.74, 6) is 5.84. The van der Waals surface area contributed by atoms with E-state index in [0.717, 1.165) is 29.8 Å². The van der Waals surface area contributed by atoms with Crippen molar-refractivity contribution >= 4 is 11.7 Å². The van der Waals surface area contributed by atoms with E-state index in [-0.39, 0.29) is 5.91 Å². The topological polar surface area (TPSA) is 72.1 Å². The van der Waals surface area contributed by atoms with E-state index in [2.05, 4.69) is 16.9 Å². The Morgan fingerprint density at radius 1 is 1.25 bits per heavy atom. The van der Waals surface area contributed by atoms with Crippen molar-refractivity contribution in [2.24, 2.45) is 5.84 Å². The van der Waals surface area contributed by atoms with Gasteiger partial charge in [-0.2, -0.15) is 0 Å². The quantitative estimate of drug-likeness (QED) is 0.514. The van der Waals surface area contributed by atoms with Gasteiger partial charge in [-0.25, -0.2) is 15.8 Å². The third-order valence-electron chi connectivity index (χ3n) is 2.98. The van der Waals surface area contributed by atoms with Crippen LogP contribution in [0.25, 0.3) is 0 Å². The Kier molecular flexibility index (Phi) is 4.79. The summed E-state index contributed by atoms with van der Waals surface area (Å²) in [5.41, 5.74) is 1.45. The molecule has 0 unspecified atom stereocenters. The van der Waals surface area contributed by atoms with Crippen molar-refractivity contribution in [1.82, 2.24) is 9.97 Å². The Labute approximate surface area is 118 Å². The number of hydrogen-bond acceptors (Lipinski definition) is 4. The zero-order valence-corrected chi connectivity index (χ0v) is 11.5. The van der Waals surface area contributed by atoms with Crippen molar-refractivity contribution in [2.75, 3.05) is 5.01 Å². The molecule has 2 aromatic rings. The largest absolute Gasteiger partial charge is 0.292 e. The second-order valence-corrected chi connectivity index (χ2v) is 4.52. The predicted molar refractivity (Wildman–Crippen MR) is 78.1 cm³/mol. The van der Waals surface area contributed by atoms with Gasteiger partial charge in [-0.1, -0.05) is 25.5 Å². The molecule has 2 N–H and O–H groups in total. The number of aromatic nitrogens is 2. The van der Waals surface area contributed by atoms with Gasteiger partial charge in [0.2, 0.25) is 0 Å². The van der Waals surface area contributed by atoms with Crippen molar-refractivity contribution in [3.05, 3.63) is 54.0 Å². The number of carbonyl (C=O) groups excluding carboxylic acids is 1. The van der Waals surface area contributed by atoms with E-state index in [9.17, 15) is 4.79 Å². The Balaban J connectivity index is 2.09. The van der Waals surface area contributed by atoms with Gasteiger partial charge in [-0.15, -0.1) is 0 Å². The first-order chi connectivity index (χ1) is 9.72. The fourth-order valence-corrected chi connectivity index (χ4v) is 1.80. The summed E-state index contributed by atoms with van der Waals surface area (Å²) < 4.78 is 0. The van der Waals surface area contributed by atoms with Crippen LogP contribution >= 0.6 is 0 Å². The van der Waals surface area contributed by atoms with Crippen molar-refractivity contribution in [1.29, 1.82) is 0 Å². The van der Waals surface area contributed by atoms with Gasteiger partial charge in [0.05, 0.1) is 0 Å². The molecule has 0 aromatic carbocycles. The molecule has 0 saturated carbocycles. The number of hydrogen-bond donors (Lipinski definition) is 1. The van der Waals surface area contributed by atoms with Gasteiger partial charge in [0.15, 0.2) is 0 Å². The maximum atomic E-state index is 12.1. The summed E-state index contributed by atoms with van der Waals surface area (Å²) in [4.78, 5) is 20.3. The van der Waals surface area contributed by atoms with Crippen LogP contribution in [0, 0.1) is 0 Å². The fourth-order valence-electron chi connectivity index (χ4n) is 1.80. The van der Waals surface area contributed by atoms with Crippen LogP contribution < -0.4 is 10.9 Å². The smallest absolute Gasteiger partial charge is 0.265 e. The molecule has 0 aliphatic rings. The molecule has 5 nitrogen and oxygen atoms in total. The Bertz CT molecular complexity index is 554. The third kappa shape index (κ3) is 3.39. The van der Waals surface area contributed by atoms with Crippen molar-refractivity contribution < 1.29 is 4.79 Å². The maximum Gasteiger partial charge on any atom is 0.292 e. The highest BCUT2D eigenvalue weighted by Crippen LogP contribution is 2.12. The minimum Gasteiger partial charge on any atom is -0.265 e. The number of nitrogens with two attached hydrogens (primary N) is 1. The highest BCUT2D eigenvalue weighted by molar-refractivity contribution is 6.03. The minimum atomic E-state index is -0.376. The summed E-state index contributed by atoms with van der Waals surface area (Å²) >= 11 is 0. The van der Waals surface area contributed by atoms with Gasteiger partial charge >= 0.3 is 0 Å². The van der Waals surface area contributed by atoms with Crippen LogP contribution in [0.1, 0.15) is 35.8 Å².